The number of aromatic nitrogens is 4. The van der Waals surface area contributed by atoms with Crippen LogP contribution < -0.4 is 16.0 Å². The number of hydrogen-bond donors (Lipinski definition) is 3. The molecule has 3 N–H and O–H groups in total. The van der Waals surface area contributed by atoms with Crippen molar-refractivity contribution in [2.45, 2.75) is 53.0 Å². The molecular weight excluding hydrogens is 467 g/mol. The number of halogens is 1. The average molecular weight is 502 g/mol. The van der Waals surface area contributed by atoms with E-state index in [0.29, 0.717) is 19.1 Å². The van der Waals surface area contributed by atoms with Crippen molar-refractivity contribution >= 4 is 46.8 Å². The average Bonchev–Trinajstić information content (AvgIpc) is 3.00. The molecule has 2 rings (SSSR count). The van der Waals surface area contributed by atoms with Gasteiger partial charge in [0.25, 0.3) is 0 Å². The minimum absolute atomic E-state index is 0. The Labute approximate surface area is 185 Å². The van der Waals surface area contributed by atoms with E-state index in [2.05, 4.69) is 63.7 Å². The molecule has 0 radical (unpaired) electrons. The number of nitrogens with one attached hydrogen (secondary N) is 3. The minimum Gasteiger partial charge on any atom is -0.367 e. The first-order valence-corrected chi connectivity index (χ1v) is 9.92. The van der Waals surface area contributed by atoms with Crippen LogP contribution in [0.3, 0.4) is 0 Å². The predicted molar refractivity (Wildman–Crippen MR) is 127 cm³/mol. The van der Waals surface area contributed by atoms with Crippen molar-refractivity contribution in [1.82, 2.24) is 30.4 Å². The maximum absolute atomic E-state index is 4.66. The molecule has 0 amide bonds. The highest BCUT2D eigenvalue weighted by Gasteiger charge is 2.08. The SMILES string of the molecule is CCNC(=NCCNc1ncnc2c1cnn2C)NC(C)CCCC(C)C.I. The number of anilines is 1. The number of fused-ring (bicyclic) bond motifs is 1. The molecule has 0 fully saturated rings. The number of rotatable bonds is 10. The zero-order valence-electron chi connectivity index (χ0n) is 17.7. The lowest BCUT2D eigenvalue weighted by atomic mass is 10.0. The van der Waals surface area contributed by atoms with Gasteiger partial charge in [-0.1, -0.05) is 26.7 Å². The second kappa shape index (κ2) is 12.7. The second-order valence-corrected chi connectivity index (χ2v) is 7.29. The summed E-state index contributed by atoms with van der Waals surface area (Å²) >= 11 is 0. The van der Waals surface area contributed by atoms with Crippen molar-refractivity contribution in [1.29, 1.82) is 0 Å². The lowest BCUT2D eigenvalue weighted by Gasteiger charge is -2.18. The Hall–Kier alpha value is -1.65. The van der Waals surface area contributed by atoms with Crippen molar-refractivity contribution in [3.05, 3.63) is 12.5 Å². The number of aryl methyl sites for hydroxylation is 1. The summed E-state index contributed by atoms with van der Waals surface area (Å²) in [6.07, 6.45) is 7.00. The third-order valence-corrected chi connectivity index (χ3v) is 4.35. The highest BCUT2D eigenvalue weighted by atomic mass is 127. The van der Waals surface area contributed by atoms with Gasteiger partial charge in [-0.25, -0.2) is 9.97 Å². The summed E-state index contributed by atoms with van der Waals surface area (Å²) in [5, 5.41) is 15.3. The van der Waals surface area contributed by atoms with Gasteiger partial charge < -0.3 is 16.0 Å². The second-order valence-electron chi connectivity index (χ2n) is 7.29. The van der Waals surface area contributed by atoms with Crippen LogP contribution in [-0.4, -0.2) is 51.4 Å². The molecule has 2 heterocycles. The smallest absolute Gasteiger partial charge is 0.191 e. The van der Waals surface area contributed by atoms with Crippen molar-refractivity contribution in [2.75, 3.05) is 25.0 Å². The van der Waals surface area contributed by atoms with Crippen molar-refractivity contribution in [3.63, 3.8) is 0 Å². The van der Waals surface area contributed by atoms with E-state index in [4.69, 9.17) is 0 Å². The summed E-state index contributed by atoms with van der Waals surface area (Å²) in [6.45, 7) is 11.0. The van der Waals surface area contributed by atoms with Crippen LogP contribution in [0.4, 0.5) is 5.82 Å². The monoisotopic (exact) mass is 502 g/mol. The molecule has 8 nitrogen and oxygen atoms in total. The molecule has 0 aliphatic heterocycles. The van der Waals surface area contributed by atoms with Crippen molar-refractivity contribution in [3.8, 4) is 0 Å². The summed E-state index contributed by atoms with van der Waals surface area (Å²) in [6, 6.07) is 0.409. The molecule has 0 aliphatic carbocycles. The van der Waals surface area contributed by atoms with E-state index < -0.39 is 0 Å². The summed E-state index contributed by atoms with van der Waals surface area (Å²) in [4.78, 5) is 13.2. The Bertz CT molecular complexity index is 728. The normalized spacial score (nSPS) is 12.7. The van der Waals surface area contributed by atoms with Crippen LogP contribution in [-0.2, 0) is 7.05 Å². The molecule has 1 atom stereocenters. The standard InChI is InChI=1S/C19H34N8.HI/c1-6-20-19(26-15(4)9-7-8-14(2)3)22-11-10-21-17-16-12-25-27(5)18(16)24-13-23-17;/h12-15H,6-11H2,1-5H3,(H2,20,22,26)(H,21,23,24);1H. The first kappa shape index (κ1) is 24.4. The fraction of sp³-hybridized carbons (Fsp3) is 0.684. The molecule has 0 saturated carbocycles. The molecule has 0 spiro atoms. The van der Waals surface area contributed by atoms with Gasteiger partial charge in [0.1, 0.15) is 12.1 Å². The summed E-state index contributed by atoms with van der Waals surface area (Å²) in [5.41, 5.74) is 0.821. The van der Waals surface area contributed by atoms with E-state index in [9.17, 15) is 0 Å². The Morgan fingerprint density at radius 1 is 1.21 bits per heavy atom. The van der Waals surface area contributed by atoms with E-state index in [1.807, 2.05) is 7.05 Å². The van der Waals surface area contributed by atoms with Crippen molar-refractivity contribution < 1.29 is 0 Å². The highest BCUT2D eigenvalue weighted by Crippen LogP contribution is 2.17. The first-order valence-electron chi connectivity index (χ1n) is 9.92. The van der Waals surface area contributed by atoms with E-state index in [0.717, 1.165) is 41.7 Å². The zero-order chi connectivity index (χ0) is 19.6. The molecule has 0 bridgehead atoms. The van der Waals surface area contributed by atoms with Crippen LogP contribution in [0.5, 0.6) is 0 Å². The van der Waals surface area contributed by atoms with Crippen molar-refractivity contribution in [2.24, 2.45) is 18.0 Å². The van der Waals surface area contributed by atoms with Gasteiger partial charge in [-0.05, 0) is 26.2 Å². The number of guanidine groups is 1. The number of nitrogens with zero attached hydrogens (tertiary/aromatic N) is 5. The van der Waals surface area contributed by atoms with Gasteiger partial charge in [0.2, 0.25) is 0 Å². The Morgan fingerprint density at radius 3 is 2.71 bits per heavy atom. The molecule has 9 heteroatoms. The Balaban J connectivity index is 0.00000392. The quantitative estimate of drug-likeness (QED) is 0.200. The van der Waals surface area contributed by atoms with Crippen LogP contribution in [0.25, 0.3) is 11.0 Å². The van der Waals surface area contributed by atoms with Crippen LogP contribution in [0, 0.1) is 5.92 Å². The van der Waals surface area contributed by atoms with E-state index in [1.54, 1.807) is 17.2 Å². The maximum atomic E-state index is 4.66. The summed E-state index contributed by atoms with van der Waals surface area (Å²) in [5.74, 6) is 2.42. The van der Waals surface area contributed by atoms with Crippen LogP contribution in [0.1, 0.15) is 47.0 Å². The largest absolute Gasteiger partial charge is 0.367 e. The maximum Gasteiger partial charge on any atom is 0.191 e. The first-order chi connectivity index (χ1) is 13.0. The lowest BCUT2D eigenvalue weighted by molar-refractivity contribution is 0.491. The fourth-order valence-electron chi connectivity index (χ4n) is 2.90. The summed E-state index contributed by atoms with van der Waals surface area (Å²) in [7, 11) is 1.88. The Morgan fingerprint density at radius 2 is 2.00 bits per heavy atom. The minimum atomic E-state index is 0. The van der Waals surface area contributed by atoms with E-state index in [1.165, 1.54) is 12.8 Å². The van der Waals surface area contributed by atoms with Gasteiger partial charge in [0, 0.05) is 26.2 Å². The predicted octanol–water partition coefficient (Wildman–Crippen LogP) is 3.16. The Kier molecular flexibility index (Phi) is 11.1. The van der Waals surface area contributed by atoms with Gasteiger partial charge in [-0.3, -0.25) is 9.67 Å². The van der Waals surface area contributed by atoms with Crippen LogP contribution >= 0.6 is 24.0 Å². The number of hydrogen-bond acceptors (Lipinski definition) is 5. The zero-order valence-corrected chi connectivity index (χ0v) is 20.0. The molecular formula is C19H35IN8. The fourth-order valence-corrected chi connectivity index (χ4v) is 2.90. The molecule has 0 aliphatic rings. The molecule has 0 saturated heterocycles. The third-order valence-electron chi connectivity index (χ3n) is 4.35. The molecule has 2 aromatic heterocycles. The third kappa shape index (κ3) is 7.76. The van der Waals surface area contributed by atoms with Gasteiger partial charge in [-0.15, -0.1) is 24.0 Å². The molecule has 1 unspecified atom stereocenters. The molecule has 0 aromatic carbocycles. The van der Waals surface area contributed by atoms with E-state index in [-0.39, 0.29) is 24.0 Å². The van der Waals surface area contributed by atoms with Gasteiger partial charge >= 0.3 is 0 Å². The molecule has 28 heavy (non-hydrogen) atoms. The molecule has 2 aromatic rings. The molecule has 158 valence electrons. The summed E-state index contributed by atoms with van der Waals surface area (Å²) < 4.78 is 1.74. The van der Waals surface area contributed by atoms with Gasteiger partial charge in [-0.2, -0.15) is 5.10 Å². The highest BCUT2D eigenvalue weighted by molar-refractivity contribution is 14.0. The van der Waals surface area contributed by atoms with E-state index >= 15 is 0 Å². The van der Waals surface area contributed by atoms with Gasteiger partial charge in [0.15, 0.2) is 11.6 Å². The lowest BCUT2D eigenvalue weighted by Crippen LogP contribution is -2.42. The number of aliphatic imine (C=N–C) groups is 1. The van der Waals surface area contributed by atoms with Crippen LogP contribution in [0.15, 0.2) is 17.5 Å². The topological polar surface area (TPSA) is 92.1 Å². The van der Waals surface area contributed by atoms with Crippen LogP contribution in [0.2, 0.25) is 0 Å². The van der Waals surface area contributed by atoms with Gasteiger partial charge in [0.05, 0.1) is 18.1 Å².